The lowest BCUT2D eigenvalue weighted by Gasteiger charge is -2.23. The topological polar surface area (TPSA) is 51.9 Å². The molecule has 0 saturated carbocycles. The molecule has 0 N–H and O–H groups in total. The van der Waals surface area contributed by atoms with Crippen LogP contribution in [0.5, 0.6) is 11.5 Å². The van der Waals surface area contributed by atoms with Crippen LogP contribution < -0.4 is 9.47 Å². The zero-order valence-electron chi connectivity index (χ0n) is 13.5. The highest BCUT2D eigenvalue weighted by Crippen LogP contribution is 2.33. The number of ether oxygens (including phenoxy) is 2. The Morgan fingerprint density at radius 1 is 1.26 bits per heavy atom. The van der Waals surface area contributed by atoms with Crippen LogP contribution in [0.15, 0.2) is 41.0 Å². The highest BCUT2D eigenvalue weighted by atomic mass is 16.5. The Bertz CT molecular complexity index is 666. The smallest absolute Gasteiger partial charge is 0.227 e. The summed E-state index contributed by atoms with van der Waals surface area (Å²) >= 11 is 0. The largest absolute Gasteiger partial charge is 0.493 e. The van der Waals surface area contributed by atoms with Crippen molar-refractivity contribution in [2.75, 3.05) is 20.8 Å². The van der Waals surface area contributed by atoms with Gasteiger partial charge in [0.1, 0.15) is 5.76 Å². The van der Waals surface area contributed by atoms with E-state index in [1.807, 2.05) is 35.2 Å². The number of carbonyl (C=O) groups excluding carboxylic acids is 1. The van der Waals surface area contributed by atoms with Crippen molar-refractivity contribution in [2.24, 2.45) is 0 Å². The Labute approximate surface area is 135 Å². The number of carbonyl (C=O) groups is 1. The summed E-state index contributed by atoms with van der Waals surface area (Å²) in [6.07, 6.45) is 3.95. The average molecular weight is 315 g/mol. The number of nitrogens with zero attached hydrogens (tertiary/aromatic N) is 1. The first-order valence-electron chi connectivity index (χ1n) is 7.76. The molecule has 1 aliphatic rings. The van der Waals surface area contributed by atoms with Gasteiger partial charge < -0.3 is 18.8 Å². The summed E-state index contributed by atoms with van der Waals surface area (Å²) in [5.74, 6) is 2.28. The van der Waals surface area contributed by atoms with Gasteiger partial charge in [-0.3, -0.25) is 4.79 Å². The SMILES string of the molecule is COc1ccc(CC(=O)N2CCC[C@@H]2c2ccco2)cc1OC. The van der Waals surface area contributed by atoms with E-state index in [0.29, 0.717) is 17.9 Å². The minimum atomic E-state index is 0.0534. The standard InChI is InChI=1S/C18H21NO4/c1-21-16-8-7-13(11-17(16)22-2)12-18(20)19-9-3-5-14(19)15-6-4-10-23-15/h4,6-8,10-11,14H,3,5,9,12H2,1-2H3/t14-/m1/s1. The molecule has 1 aromatic heterocycles. The molecule has 1 saturated heterocycles. The second kappa shape index (κ2) is 6.77. The molecule has 122 valence electrons. The Hall–Kier alpha value is -2.43. The zero-order valence-corrected chi connectivity index (χ0v) is 13.5. The molecule has 0 unspecified atom stereocenters. The van der Waals surface area contributed by atoms with E-state index in [2.05, 4.69) is 0 Å². The van der Waals surface area contributed by atoms with E-state index < -0.39 is 0 Å². The Balaban J connectivity index is 1.74. The molecule has 1 amide bonds. The van der Waals surface area contributed by atoms with Crippen molar-refractivity contribution in [3.8, 4) is 11.5 Å². The molecule has 1 aliphatic heterocycles. The molecule has 5 nitrogen and oxygen atoms in total. The minimum absolute atomic E-state index is 0.0534. The van der Waals surface area contributed by atoms with Gasteiger partial charge in [-0.2, -0.15) is 0 Å². The maximum Gasteiger partial charge on any atom is 0.227 e. The average Bonchev–Trinajstić information content (AvgIpc) is 3.25. The third kappa shape index (κ3) is 3.18. The van der Waals surface area contributed by atoms with E-state index in [0.717, 1.165) is 30.7 Å². The summed E-state index contributed by atoms with van der Waals surface area (Å²) in [6, 6.07) is 9.44. The molecule has 0 spiro atoms. The summed E-state index contributed by atoms with van der Waals surface area (Å²) in [7, 11) is 3.19. The fourth-order valence-electron chi connectivity index (χ4n) is 3.11. The van der Waals surface area contributed by atoms with Crippen LogP contribution in [0.4, 0.5) is 0 Å². The summed E-state index contributed by atoms with van der Waals surface area (Å²) in [5.41, 5.74) is 0.915. The van der Waals surface area contributed by atoms with Crippen LogP contribution in [-0.4, -0.2) is 31.6 Å². The van der Waals surface area contributed by atoms with E-state index in [9.17, 15) is 4.79 Å². The van der Waals surface area contributed by atoms with E-state index in [-0.39, 0.29) is 11.9 Å². The summed E-state index contributed by atoms with van der Waals surface area (Å²) in [5, 5.41) is 0. The van der Waals surface area contributed by atoms with Crippen molar-refractivity contribution in [3.63, 3.8) is 0 Å². The first-order valence-corrected chi connectivity index (χ1v) is 7.76. The second-order valence-corrected chi connectivity index (χ2v) is 5.63. The number of hydrogen-bond acceptors (Lipinski definition) is 4. The predicted molar refractivity (Wildman–Crippen MR) is 85.6 cm³/mol. The van der Waals surface area contributed by atoms with E-state index >= 15 is 0 Å². The minimum Gasteiger partial charge on any atom is -0.493 e. The van der Waals surface area contributed by atoms with E-state index in [1.54, 1.807) is 20.5 Å². The van der Waals surface area contributed by atoms with Crippen LogP contribution in [0.1, 0.15) is 30.2 Å². The van der Waals surface area contributed by atoms with E-state index in [4.69, 9.17) is 13.9 Å². The van der Waals surface area contributed by atoms with Crippen molar-refractivity contribution in [1.82, 2.24) is 4.90 Å². The van der Waals surface area contributed by atoms with Gasteiger partial charge in [0.2, 0.25) is 5.91 Å². The summed E-state index contributed by atoms with van der Waals surface area (Å²) in [6.45, 7) is 0.775. The summed E-state index contributed by atoms with van der Waals surface area (Å²) < 4.78 is 16.0. The maximum atomic E-state index is 12.7. The maximum absolute atomic E-state index is 12.7. The van der Waals surface area contributed by atoms with Gasteiger partial charge in [0.25, 0.3) is 0 Å². The van der Waals surface area contributed by atoms with Crippen LogP contribution in [0.3, 0.4) is 0 Å². The van der Waals surface area contributed by atoms with Gasteiger partial charge in [-0.1, -0.05) is 6.07 Å². The Morgan fingerprint density at radius 3 is 2.78 bits per heavy atom. The molecule has 2 heterocycles. The number of likely N-dealkylation sites (tertiary alicyclic amines) is 1. The number of furan rings is 1. The van der Waals surface area contributed by atoms with Crippen LogP contribution in [0.2, 0.25) is 0 Å². The van der Waals surface area contributed by atoms with Gasteiger partial charge in [-0.25, -0.2) is 0 Å². The highest BCUT2D eigenvalue weighted by molar-refractivity contribution is 5.79. The van der Waals surface area contributed by atoms with Crippen LogP contribution >= 0.6 is 0 Å². The molecular weight excluding hydrogens is 294 g/mol. The number of benzene rings is 1. The number of hydrogen-bond donors (Lipinski definition) is 0. The molecule has 1 aromatic carbocycles. The quantitative estimate of drug-likeness (QED) is 0.850. The van der Waals surface area contributed by atoms with E-state index in [1.165, 1.54) is 0 Å². The van der Waals surface area contributed by atoms with Gasteiger partial charge >= 0.3 is 0 Å². The van der Waals surface area contributed by atoms with Crippen molar-refractivity contribution in [1.29, 1.82) is 0 Å². The second-order valence-electron chi connectivity index (χ2n) is 5.63. The van der Waals surface area contributed by atoms with Crippen molar-refractivity contribution in [2.45, 2.75) is 25.3 Å². The molecule has 0 bridgehead atoms. The van der Waals surface area contributed by atoms with Gasteiger partial charge in [0.05, 0.1) is 32.9 Å². The summed E-state index contributed by atoms with van der Waals surface area (Å²) in [4.78, 5) is 14.6. The first kappa shape index (κ1) is 15.5. The Morgan fingerprint density at radius 2 is 2.09 bits per heavy atom. The first-order chi connectivity index (χ1) is 11.2. The lowest BCUT2D eigenvalue weighted by atomic mass is 10.1. The molecular formula is C18H21NO4. The van der Waals surface area contributed by atoms with Crippen LogP contribution in [-0.2, 0) is 11.2 Å². The fourth-order valence-corrected chi connectivity index (χ4v) is 3.11. The fraction of sp³-hybridized carbons (Fsp3) is 0.389. The number of amides is 1. The van der Waals surface area contributed by atoms with Crippen LogP contribution in [0.25, 0.3) is 0 Å². The zero-order chi connectivity index (χ0) is 16.2. The number of methoxy groups -OCH3 is 2. The molecule has 23 heavy (non-hydrogen) atoms. The van der Waals surface area contributed by atoms with Crippen LogP contribution in [0, 0.1) is 0 Å². The van der Waals surface area contributed by atoms with Gasteiger partial charge in [-0.15, -0.1) is 0 Å². The molecule has 0 radical (unpaired) electrons. The molecule has 1 atom stereocenters. The number of rotatable bonds is 5. The lowest BCUT2D eigenvalue weighted by Crippen LogP contribution is -2.31. The Kier molecular flexibility index (Phi) is 4.55. The van der Waals surface area contributed by atoms with Gasteiger partial charge in [0, 0.05) is 6.54 Å². The molecule has 1 fully saturated rings. The van der Waals surface area contributed by atoms with Crippen molar-refractivity contribution < 1.29 is 18.7 Å². The molecule has 2 aromatic rings. The predicted octanol–water partition coefficient (Wildman–Crippen LogP) is 3.20. The molecule has 3 rings (SSSR count). The highest BCUT2D eigenvalue weighted by Gasteiger charge is 2.31. The molecule has 0 aliphatic carbocycles. The van der Waals surface area contributed by atoms with Crippen molar-refractivity contribution in [3.05, 3.63) is 47.9 Å². The monoisotopic (exact) mass is 315 g/mol. The normalized spacial score (nSPS) is 17.3. The van der Waals surface area contributed by atoms with Gasteiger partial charge in [0.15, 0.2) is 11.5 Å². The third-order valence-electron chi connectivity index (χ3n) is 4.25. The lowest BCUT2D eigenvalue weighted by molar-refractivity contribution is -0.131. The molecule has 5 heteroatoms. The third-order valence-corrected chi connectivity index (χ3v) is 4.25. The van der Waals surface area contributed by atoms with Gasteiger partial charge in [-0.05, 0) is 42.7 Å². The van der Waals surface area contributed by atoms with Crippen molar-refractivity contribution >= 4 is 5.91 Å².